The van der Waals surface area contributed by atoms with Crippen LogP contribution in [0, 0.1) is 20.8 Å². The SMILES string of the molecule is Cc1ccc(Cc2c(C)nc3c(C(=O)NCCC[NH+]4CCOCC4)cnn3c2C)cc1. The van der Waals surface area contributed by atoms with E-state index in [1.54, 1.807) is 15.6 Å². The first kappa shape index (κ1) is 21.5. The quantitative estimate of drug-likeness (QED) is 0.563. The molecule has 0 unspecified atom stereocenters. The third-order valence-electron chi connectivity index (χ3n) is 6.15. The monoisotopic (exact) mass is 422 g/mol. The first-order chi connectivity index (χ1) is 15.0. The van der Waals surface area contributed by atoms with E-state index < -0.39 is 0 Å². The van der Waals surface area contributed by atoms with E-state index in [1.807, 2.05) is 13.8 Å². The summed E-state index contributed by atoms with van der Waals surface area (Å²) in [4.78, 5) is 19.1. The van der Waals surface area contributed by atoms with Gasteiger partial charge in [-0.2, -0.15) is 5.10 Å². The van der Waals surface area contributed by atoms with Gasteiger partial charge in [-0.05, 0) is 31.9 Å². The third-order valence-corrected chi connectivity index (χ3v) is 6.15. The largest absolute Gasteiger partial charge is 0.370 e. The van der Waals surface area contributed by atoms with Gasteiger partial charge in [0.1, 0.15) is 18.7 Å². The molecule has 1 aromatic carbocycles. The van der Waals surface area contributed by atoms with E-state index in [9.17, 15) is 4.79 Å². The molecule has 1 amide bonds. The molecule has 31 heavy (non-hydrogen) atoms. The van der Waals surface area contributed by atoms with Crippen LogP contribution in [0.25, 0.3) is 5.65 Å². The second-order valence-electron chi connectivity index (χ2n) is 8.44. The number of amides is 1. The molecule has 0 atom stereocenters. The molecular weight excluding hydrogens is 390 g/mol. The predicted octanol–water partition coefficient (Wildman–Crippen LogP) is 1.28. The Kier molecular flexibility index (Phi) is 6.63. The van der Waals surface area contributed by atoms with E-state index in [1.165, 1.54) is 11.1 Å². The van der Waals surface area contributed by atoms with E-state index in [2.05, 4.69) is 41.6 Å². The lowest BCUT2D eigenvalue weighted by Gasteiger charge is -2.23. The second-order valence-corrected chi connectivity index (χ2v) is 8.44. The number of aromatic nitrogens is 3. The highest BCUT2D eigenvalue weighted by atomic mass is 16.5. The molecule has 0 saturated carbocycles. The highest BCUT2D eigenvalue weighted by Gasteiger charge is 2.19. The Balaban J connectivity index is 1.44. The number of hydrogen-bond donors (Lipinski definition) is 2. The fourth-order valence-corrected chi connectivity index (χ4v) is 4.18. The standard InChI is InChI=1S/C24H31N5O2/c1-17-5-7-20(8-6-17)15-21-18(2)27-23-22(16-26-29(23)19(21)3)24(30)25-9-4-10-28-11-13-31-14-12-28/h5-8,16H,4,9-15H2,1-3H3,(H,25,30)/p+1. The molecule has 3 heterocycles. The van der Waals surface area contributed by atoms with E-state index >= 15 is 0 Å². The van der Waals surface area contributed by atoms with Gasteiger partial charge in [-0.15, -0.1) is 0 Å². The Hall–Kier alpha value is -2.77. The number of rotatable bonds is 7. The summed E-state index contributed by atoms with van der Waals surface area (Å²) in [5, 5.41) is 7.51. The van der Waals surface area contributed by atoms with Crippen molar-refractivity contribution >= 4 is 11.6 Å². The number of morpholine rings is 1. The van der Waals surface area contributed by atoms with Crippen LogP contribution in [0.3, 0.4) is 0 Å². The van der Waals surface area contributed by atoms with Crippen LogP contribution in [0.5, 0.6) is 0 Å². The molecule has 1 fully saturated rings. The summed E-state index contributed by atoms with van der Waals surface area (Å²) in [6.45, 7) is 11.6. The average Bonchev–Trinajstić information content (AvgIpc) is 3.20. The van der Waals surface area contributed by atoms with Crippen molar-refractivity contribution in [1.82, 2.24) is 19.9 Å². The number of nitrogens with one attached hydrogen (secondary N) is 2. The van der Waals surface area contributed by atoms with Gasteiger partial charge in [0.15, 0.2) is 5.65 Å². The maximum atomic E-state index is 12.8. The summed E-state index contributed by atoms with van der Waals surface area (Å²) >= 11 is 0. The minimum absolute atomic E-state index is 0.107. The molecule has 1 saturated heterocycles. The van der Waals surface area contributed by atoms with Crippen molar-refractivity contribution in [3.63, 3.8) is 0 Å². The summed E-state index contributed by atoms with van der Waals surface area (Å²) in [6, 6.07) is 8.56. The molecule has 0 radical (unpaired) electrons. The van der Waals surface area contributed by atoms with Crippen LogP contribution in [-0.2, 0) is 11.2 Å². The molecule has 0 aliphatic carbocycles. The molecule has 1 aliphatic rings. The van der Waals surface area contributed by atoms with Crippen LogP contribution in [0.4, 0.5) is 0 Å². The predicted molar refractivity (Wildman–Crippen MR) is 120 cm³/mol. The van der Waals surface area contributed by atoms with E-state index in [0.717, 1.165) is 62.6 Å². The number of carbonyl (C=O) groups is 1. The molecule has 3 aromatic rings. The Morgan fingerprint density at radius 2 is 1.90 bits per heavy atom. The summed E-state index contributed by atoms with van der Waals surface area (Å²) < 4.78 is 7.19. The van der Waals surface area contributed by atoms with Gasteiger partial charge in [-0.25, -0.2) is 9.50 Å². The van der Waals surface area contributed by atoms with Crippen molar-refractivity contribution in [3.05, 3.63) is 64.1 Å². The number of aryl methyl sites for hydroxylation is 3. The van der Waals surface area contributed by atoms with Crippen molar-refractivity contribution < 1.29 is 14.4 Å². The second kappa shape index (κ2) is 9.58. The van der Waals surface area contributed by atoms with Crippen molar-refractivity contribution in [3.8, 4) is 0 Å². The van der Waals surface area contributed by atoms with Gasteiger partial charge in [-0.1, -0.05) is 29.8 Å². The van der Waals surface area contributed by atoms with Crippen LogP contribution < -0.4 is 10.2 Å². The van der Waals surface area contributed by atoms with Gasteiger partial charge in [0.05, 0.1) is 26.0 Å². The zero-order valence-electron chi connectivity index (χ0n) is 18.7. The molecule has 164 valence electrons. The summed E-state index contributed by atoms with van der Waals surface area (Å²) in [5.74, 6) is -0.107. The number of fused-ring (bicyclic) bond motifs is 1. The highest BCUT2D eigenvalue weighted by Crippen LogP contribution is 2.20. The zero-order chi connectivity index (χ0) is 21.8. The minimum Gasteiger partial charge on any atom is -0.370 e. The summed E-state index contributed by atoms with van der Waals surface area (Å²) in [7, 11) is 0. The number of ether oxygens (including phenoxy) is 1. The highest BCUT2D eigenvalue weighted by molar-refractivity contribution is 5.99. The number of carbonyl (C=O) groups excluding carboxylic acids is 1. The molecule has 2 aromatic heterocycles. The van der Waals surface area contributed by atoms with Gasteiger partial charge in [0, 0.05) is 30.8 Å². The van der Waals surface area contributed by atoms with Crippen LogP contribution in [-0.4, -0.2) is 59.9 Å². The summed E-state index contributed by atoms with van der Waals surface area (Å²) in [5.41, 5.74) is 6.77. The van der Waals surface area contributed by atoms with Crippen molar-refractivity contribution in [1.29, 1.82) is 0 Å². The molecule has 1 aliphatic heterocycles. The van der Waals surface area contributed by atoms with Crippen LogP contribution in [0.15, 0.2) is 30.5 Å². The average molecular weight is 423 g/mol. The van der Waals surface area contributed by atoms with E-state index in [4.69, 9.17) is 9.72 Å². The minimum atomic E-state index is -0.107. The maximum Gasteiger partial charge on any atom is 0.256 e. The van der Waals surface area contributed by atoms with E-state index in [-0.39, 0.29) is 5.91 Å². The first-order valence-electron chi connectivity index (χ1n) is 11.1. The molecule has 2 N–H and O–H groups in total. The van der Waals surface area contributed by atoms with Crippen molar-refractivity contribution in [2.24, 2.45) is 0 Å². The third kappa shape index (κ3) is 4.94. The molecule has 0 bridgehead atoms. The van der Waals surface area contributed by atoms with Gasteiger partial charge in [-0.3, -0.25) is 4.79 Å². The first-order valence-corrected chi connectivity index (χ1v) is 11.1. The number of benzene rings is 1. The lowest BCUT2D eigenvalue weighted by Crippen LogP contribution is -3.14. The van der Waals surface area contributed by atoms with Crippen molar-refractivity contribution in [2.45, 2.75) is 33.6 Å². The topological polar surface area (TPSA) is 73.0 Å². The summed E-state index contributed by atoms with van der Waals surface area (Å²) in [6.07, 6.45) is 3.38. The van der Waals surface area contributed by atoms with Crippen LogP contribution >= 0.6 is 0 Å². The van der Waals surface area contributed by atoms with Crippen LogP contribution in [0.1, 0.15) is 44.9 Å². The maximum absolute atomic E-state index is 12.8. The molecule has 4 rings (SSSR count). The lowest BCUT2D eigenvalue weighted by molar-refractivity contribution is -0.908. The molecule has 7 heteroatoms. The van der Waals surface area contributed by atoms with Gasteiger partial charge in [0.2, 0.25) is 0 Å². The molecular formula is C24H32N5O2+. The van der Waals surface area contributed by atoms with E-state index in [0.29, 0.717) is 17.8 Å². The fourth-order valence-electron chi connectivity index (χ4n) is 4.18. The molecule has 0 spiro atoms. The van der Waals surface area contributed by atoms with Crippen molar-refractivity contribution in [2.75, 3.05) is 39.4 Å². The Bertz CT molecular complexity index is 1050. The lowest BCUT2D eigenvalue weighted by atomic mass is 10.0. The smallest absolute Gasteiger partial charge is 0.256 e. The van der Waals surface area contributed by atoms with Gasteiger partial charge >= 0.3 is 0 Å². The zero-order valence-corrected chi connectivity index (χ0v) is 18.7. The Labute approximate surface area is 183 Å². The molecule has 7 nitrogen and oxygen atoms in total. The number of quaternary nitrogens is 1. The Morgan fingerprint density at radius 1 is 1.16 bits per heavy atom. The number of hydrogen-bond acceptors (Lipinski definition) is 4. The number of nitrogens with zero attached hydrogens (tertiary/aromatic N) is 3. The Morgan fingerprint density at radius 3 is 2.65 bits per heavy atom. The normalized spacial score (nSPS) is 14.8. The van der Waals surface area contributed by atoms with Gasteiger partial charge < -0.3 is 15.0 Å². The fraction of sp³-hybridized carbons (Fsp3) is 0.458. The van der Waals surface area contributed by atoms with Crippen LogP contribution in [0.2, 0.25) is 0 Å². The van der Waals surface area contributed by atoms with Gasteiger partial charge in [0.25, 0.3) is 5.91 Å².